The molecule has 0 saturated carbocycles. The number of aryl methyl sites for hydroxylation is 1. The molecular weight excluding hydrogens is 310 g/mol. The Bertz CT molecular complexity index is 711. The number of aliphatic hydroxyl groups is 1. The van der Waals surface area contributed by atoms with Crippen molar-refractivity contribution in [1.82, 2.24) is 0 Å². The SMILES string of the molecule is Cc1ccc(C(C)C)c(OC[C@@H](O)C[NH+]2CCc3ccccc3C2)c1. The van der Waals surface area contributed by atoms with Crippen LogP contribution in [0.25, 0.3) is 0 Å². The van der Waals surface area contributed by atoms with Gasteiger partial charge >= 0.3 is 0 Å². The molecule has 1 heterocycles. The summed E-state index contributed by atoms with van der Waals surface area (Å²) in [6.45, 7) is 9.57. The van der Waals surface area contributed by atoms with Gasteiger partial charge in [-0.2, -0.15) is 0 Å². The van der Waals surface area contributed by atoms with Crippen LogP contribution in [-0.4, -0.2) is 30.9 Å². The van der Waals surface area contributed by atoms with Gasteiger partial charge in [-0.05, 0) is 35.6 Å². The van der Waals surface area contributed by atoms with Crippen LogP contribution in [0, 0.1) is 6.92 Å². The summed E-state index contributed by atoms with van der Waals surface area (Å²) in [5, 5.41) is 10.5. The average molecular weight is 340 g/mol. The van der Waals surface area contributed by atoms with Gasteiger partial charge in [-0.3, -0.25) is 0 Å². The first-order valence-electron chi connectivity index (χ1n) is 9.34. The van der Waals surface area contributed by atoms with Crippen molar-refractivity contribution in [1.29, 1.82) is 0 Å². The van der Waals surface area contributed by atoms with Crippen LogP contribution >= 0.6 is 0 Å². The lowest BCUT2D eigenvalue weighted by Crippen LogP contribution is -3.13. The quantitative estimate of drug-likeness (QED) is 0.847. The van der Waals surface area contributed by atoms with Crippen molar-refractivity contribution in [3.05, 3.63) is 64.7 Å². The minimum atomic E-state index is -0.444. The molecule has 3 nitrogen and oxygen atoms in total. The molecule has 0 fully saturated rings. The number of hydrogen-bond acceptors (Lipinski definition) is 2. The molecule has 0 bridgehead atoms. The van der Waals surface area contributed by atoms with Crippen molar-refractivity contribution in [2.75, 3.05) is 19.7 Å². The fourth-order valence-electron chi connectivity index (χ4n) is 3.64. The van der Waals surface area contributed by atoms with Crippen LogP contribution < -0.4 is 9.64 Å². The van der Waals surface area contributed by atoms with Gasteiger partial charge in [0.15, 0.2) is 0 Å². The summed E-state index contributed by atoms with van der Waals surface area (Å²) in [5.74, 6) is 1.32. The maximum atomic E-state index is 10.5. The molecule has 1 aliphatic rings. The van der Waals surface area contributed by atoms with Crippen molar-refractivity contribution in [2.24, 2.45) is 0 Å². The molecule has 0 aromatic heterocycles. The van der Waals surface area contributed by atoms with E-state index in [0.29, 0.717) is 12.5 Å². The van der Waals surface area contributed by atoms with Gasteiger partial charge in [0.05, 0.1) is 6.54 Å². The zero-order valence-electron chi connectivity index (χ0n) is 15.6. The second-order valence-corrected chi connectivity index (χ2v) is 7.56. The third-order valence-electron chi connectivity index (χ3n) is 5.05. The molecule has 0 saturated heterocycles. The molecule has 0 aliphatic carbocycles. The zero-order valence-corrected chi connectivity index (χ0v) is 15.6. The number of ether oxygens (including phenoxy) is 1. The third-order valence-corrected chi connectivity index (χ3v) is 5.05. The number of fused-ring (bicyclic) bond motifs is 1. The second kappa shape index (κ2) is 8.03. The Labute approximate surface area is 151 Å². The first kappa shape index (κ1) is 18.0. The minimum absolute atomic E-state index is 0.355. The van der Waals surface area contributed by atoms with Crippen molar-refractivity contribution >= 4 is 0 Å². The molecule has 1 aliphatic heterocycles. The van der Waals surface area contributed by atoms with Crippen LogP contribution in [0.4, 0.5) is 0 Å². The summed E-state index contributed by atoms with van der Waals surface area (Å²) < 4.78 is 5.99. The number of quaternary nitrogens is 1. The van der Waals surface area contributed by atoms with Gasteiger partial charge in [-0.1, -0.05) is 50.2 Å². The molecule has 3 rings (SSSR count). The van der Waals surface area contributed by atoms with Crippen LogP contribution in [0.5, 0.6) is 5.75 Å². The van der Waals surface area contributed by atoms with E-state index in [9.17, 15) is 5.11 Å². The molecule has 1 unspecified atom stereocenters. The van der Waals surface area contributed by atoms with Gasteiger partial charge in [0.25, 0.3) is 0 Å². The molecule has 0 amide bonds. The topological polar surface area (TPSA) is 33.9 Å². The Hall–Kier alpha value is -1.84. The van der Waals surface area contributed by atoms with Crippen LogP contribution in [0.15, 0.2) is 42.5 Å². The lowest BCUT2D eigenvalue weighted by atomic mass is 10.00. The minimum Gasteiger partial charge on any atom is -0.490 e. The largest absolute Gasteiger partial charge is 0.490 e. The third kappa shape index (κ3) is 4.62. The van der Waals surface area contributed by atoms with Gasteiger partial charge in [0, 0.05) is 12.0 Å². The second-order valence-electron chi connectivity index (χ2n) is 7.56. The van der Waals surface area contributed by atoms with Crippen LogP contribution in [0.3, 0.4) is 0 Å². The van der Waals surface area contributed by atoms with Gasteiger partial charge < -0.3 is 14.7 Å². The van der Waals surface area contributed by atoms with E-state index < -0.39 is 6.10 Å². The van der Waals surface area contributed by atoms with E-state index in [2.05, 4.69) is 63.2 Å². The smallest absolute Gasteiger partial charge is 0.137 e. The van der Waals surface area contributed by atoms with E-state index in [1.165, 1.54) is 27.2 Å². The van der Waals surface area contributed by atoms with E-state index in [-0.39, 0.29) is 0 Å². The summed E-state index contributed by atoms with van der Waals surface area (Å²) in [5.41, 5.74) is 5.26. The van der Waals surface area contributed by atoms with E-state index in [1.807, 2.05) is 0 Å². The highest BCUT2D eigenvalue weighted by Gasteiger charge is 2.22. The number of rotatable bonds is 6. The Morgan fingerprint density at radius 2 is 1.88 bits per heavy atom. The zero-order chi connectivity index (χ0) is 17.8. The van der Waals surface area contributed by atoms with Crippen molar-refractivity contribution < 1.29 is 14.7 Å². The molecule has 0 spiro atoms. The summed E-state index contributed by atoms with van der Waals surface area (Å²) >= 11 is 0. The Morgan fingerprint density at radius 3 is 2.64 bits per heavy atom. The van der Waals surface area contributed by atoms with Crippen LogP contribution in [0.2, 0.25) is 0 Å². The van der Waals surface area contributed by atoms with E-state index in [1.54, 1.807) is 0 Å². The van der Waals surface area contributed by atoms with Gasteiger partial charge in [-0.25, -0.2) is 0 Å². The molecule has 0 radical (unpaired) electrons. The summed E-state index contributed by atoms with van der Waals surface area (Å²) in [6.07, 6.45) is 0.648. The molecule has 134 valence electrons. The molecule has 2 aromatic rings. The predicted molar refractivity (Wildman–Crippen MR) is 101 cm³/mol. The number of hydrogen-bond donors (Lipinski definition) is 2. The maximum absolute atomic E-state index is 10.5. The summed E-state index contributed by atoms with van der Waals surface area (Å²) in [6, 6.07) is 15.0. The highest BCUT2D eigenvalue weighted by molar-refractivity contribution is 5.39. The van der Waals surface area contributed by atoms with Crippen molar-refractivity contribution in [3.63, 3.8) is 0 Å². The molecule has 2 atom stereocenters. The lowest BCUT2D eigenvalue weighted by molar-refractivity contribution is -0.918. The van der Waals surface area contributed by atoms with Crippen molar-refractivity contribution in [3.8, 4) is 5.75 Å². The predicted octanol–water partition coefficient (Wildman–Crippen LogP) is 2.50. The monoisotopic (exact) mass is 340 g/mol. The van der Waals surface area contributed by atoms with Gasteiger partial charge in [0.2, 0.25) is 0 Å². The molecule has 3 heteroatoms. The molecule has 2 aromatic carbocycles. The van der Waals surface area contributed by atoms with Crippen LogP contribution in [-0.2, 0) is 13.0 Å². The highest BCUT2D eigenvalue weighted by atomic mass is 16.5. The molecule has 25 heavy (non-hydrogen) atoms. The summed E-state index contributed by atoms with van der Waals surface area (Å²) in [4.78, 5) is 1.43. The Kier molecular flexibility index (Phi) is 5.77. The number of aliphatic hydroxyl groups excluding tert-OH is 1. The fourth-order valence-corrected chi connectivity index (χ4v) is 3.64. The first-order valence-corrected chi connectivity index (χ1v) is 9.34. The number of benzene rings is 2. The van der Waals surface area contributed by atoms with Gasteiger partial charge in [-0.15, -0.1) is 0 Å². The van der Waals surface area contributed by atoms with Crippen molar-refractivity contribution in [2.45, 2.75) is 45.8 Å². The highest BCUT2D eigenvalue weighted by Crippen LogP contribution is 2.27. The first-order chi connectivity index (χ1) is 12.0. The molecular formula is C22H30NO2+. The van der Waals surface area contributed by atoms with Crippen LogP contribution in [0.1, 0.15) is 42.0 Å². The Balaban J connectivity index is 1.56. The Morgan fingerprint density at radius 1 is 1.12 bits per heavy atom. The number of nitrogens with one attached hydrogen (secondary N) is 1. The van der Waals surface area contributed by atoms with E-state index in [0.717, 1.165) is 31.8 Å². The molecule has 2 N–H and O–H groups in total. The normalized spacial score (nSPS) is 18.0. The van der Waals surface area contributed by atoms with E-state index in [4.69, 9.17) is 4.74 Å². The fraction of sp³-hybridized carbons (Fsp3) is 0.455. The standard InChI is InChI=1S/C22H29NO2/c1-16(2)21-9-8-17(3)12-22(21)25-15-20(24)14-23-11-10-18-6-4-5-7-19(18)13-23/h4-9,12,16,20,24H,10-11,13-15H2,1-3H3/p+1/t20-/m0/s1. The lowest BCUT2D eigenvalue weighted by Gasteiger charge is -2.27. The summed E-state index contributed by atoms with van der Waals surface area (Å²) in [7, 11) is 0. The van der Waals surface area contributed by atoms with Gasteiger partial charge in [0.1, 0.15) is 31.5 Å². The van der Waals surface area contributed by atoms with E-state index >= 15 is 0 Å². The maximum Gasteiger partial charge on any atom is 0.137 e. The average Bonchev–Trinajstić information content (AvgIpc) is 2.59.